The molecule has 15 heavy (non-hydrogen) atoms. The van der Waals surface area contributed by atoms with Crippen molar-refractivity contribution < 1.29 is 0 Å². The summed E-state index contributed by atoms with van der Waals surface area (Å²) < 4.78 is 0. The minimum atomic E-state index is 0.237. The van der Waals surface area contributed by atoms with Crippen molar-refractivity contribution in [3.63, 3.8) is 0 Å². The van der Waals surface area contributed by atoms with Crippen molar-refractivity contribution in [2.75, 3.05) is 0 Å². The second-order valence-electron chi connectivity index (χ2n) is 4.54. The first kappa shape index (κ1) is 10.2. The van der Waals surface area contributed by atoms with E-state index in [-0.39, 0.29) is 5.92 Å². The zero-order valence-corrected chi connectivity index (χ0v) is 9.24. The first-order valence-electron chi connectivity index (χ1n) is 5.77. The van der Waals surface area contributed by atoms with Gasteiger partial charge in [-0.15, -0.1) is 0 Å². The van der Waals surface area contributed by atoms with Crippen molar-refractivity contribution in [1.29, 1.82) is 5.26 Å². The molecule has 0 N–H and O–H groups in total. The van der Waals surface area contributed by atoms with Crippen LogP contribution in [0.1, 0.15) is 42.7 Å². The number of nitrogens with zero attached hydrogens (tertiary/aromatic N) is 1. The van der Waals surface area contributed by atoms with Crippen molar-refractivity contribution in [3.05, 3.63) is 35.4 Å². The molecule has 0 radical (unpaired) electrons. The highest BCUT2D eigenvalue weighted by molar-refractivity contribution is 5.26. The van der Waals surface area contributed by atoms with Crippen LogP contribution in [0, 0.1) is 24.2 Å². The topological polar surface area (TPSA) is 23.8 Å². The third kappa shape index (κ3) is 2.21. The normalized spacial score (nSPS) is 25.9. The summed E-state index contributed by atoms with van der Waals surface area (Å²) in [6.45, 7) is 2.10. The summed E-state index contributed by atoms with van der Waals surface area (Å²) in [6, 6.07) is 11.1. The average molecular weight is 199 g/mol. The molecule has 78 valence electrons. The molecule has 0 aliphatic heterocycles. The van der Waals surface area contributed by atoms with E-state index in [0.29, 0.717) is 5.92 Å². The Morgan fingerprint density at radius 3 is 2.47 bits per heavy atom. The number of aryl methyl sites for hydroxylation is 1. The van der Waals surface area contributed by atoms with E-state index in [1.54, 1.807) is 0 Å². The minimum Gasteiger partial charge on any atom is -0.198 e. The van der Waals surface area contributed by atoms with Crippen LogP contribution in [0.5, 0.6) is 0 Å². The predicted octanol–water partition coefficient (Wildman–Crippen LogP) is 3.79. The largest absolute Gasteiger partial charge is 0.198 e. The fourth-order valence-electron chi connectivity index (χ4n) is 2.50. The van der Waals surface area contributed by atoms with E-state index in [1.165, 1.54) is 30.4 Å². The van der Waals surface area contributed by atoms with Crippen LogP contribution in [0.3, 0.4) is 0 Å². The van der Waals surface area contributed by atoms with Gasteiger partial charge in [0.05, 0.1) is 12.0 Å². The molecule has 0 amide bonds. The molecule has 1 aliphatic carbocycles. The van der Waals surface area contributed by atoms with Crippen LogP contribution in [0.15, 0.2) is 24.3 Å². The second-order valence-corrected chi connectivity index (χ2v) is 4.54. The molecule has 1 saturated carbocycles. The zero-order chi connectivity index (χ0) is 10.7. The summed E-state index contributed by atoms with van der Waals surface area (Å²) in [6.07, 6.45) is 4.76. The third-order valence-electron chi connectivity index (χ3n) is 3.44. The molecule has 1 aromatic rings. The molecule has 0 spiro atoms. The van der Waals surface area contributed by atoms with Crippen molar-refractivity contribution >= 4 is 0 Å². The lowest BCUT2D eigenvalue weighted by atomic mass is 9.76. The van der Waals surface area contributed by atoms with E-state index < -0.39 is 0 Å². The Labute approximate surface area is 91.7 Å². The molecule has 2 atom stereocenters. The summed E-state index contributed by atoms with van der Waals surface area (Å²) >= 11 is 0. The smallest absolute Gasteiger partial charge is 0.0662 e. The van der Waals surface area contributed by atoms with Crippen LogP contribution < -0.4 is 0 Å². The molecule has 2 rings (SSSR count). The molecule has 0 saturated heterocycles. The highest BCUT2D eigenvalue weighted by Gasteiger charge is 2.25. The summed E-state index contributed by atoms with van der Waals surface area (Å²) in [5.41, 5.74) is 2.65. The molecule has 1 fully saturated rings. The van der Waals surface area contributed by atoms with Crippen LogP contribution in [0.2, 0.25) is 0 Å². The molecule has 0 bridgehead atoms. The molecular weight excluding hydrogens is 182 g/mol. The maximum atomic E-state index is 9.13. The van der Waals surface area contributed by atoms with Crippen LogP contribution in [-0.4, -0.2) is 0 Å². The lowest BCUT2D eigenvalue weighted by Crippen LogP contribution is -2.16. The monoisotopic (exact) mass is 199 g/mol. The Kier molecular flexibility index (Phi) is 3.06. The van der Waals surface area contributed by atoms with E-state index in [9.17, 15) is 0 Å². The maximum absolute atomic E-state index is 9.13. The quantitative estimate of drug-likeness (QED) is 0.675. The average Bonchev–Trinajstić information content (AvgIpc) is 2.30. The van der Waals surface area contributed by atoms with Gasteiger partial charge in [-0.25, -0.2) is 0 Å². The van der Waals surface area contributed by atoms with E-state index in [2.05, 4.69) is 37.3 Å². The first-order valence-corrected chi connectivity index (χ1v) is 5.77. The van der Waals surface area contributed by atoms with E-state index in [1.807, 2.05) is 0 Å². The number of nitriles is 1. The van der Waals surface area contributed by atoms with E-state index >= 15 is 0 Å². The molecule has 0 aromatic heterocycles. The molecular formula is C14H17N. The summed E-state index contributed by atoms with van der Waals surface area (Å²) in [5, 5.41) is 9.13. The van der Waals surface area contributed by atoms with Gasteiger partial charge in [0.2, 0.25) is 0 Å². The van der Waals surface area contributed by atoms with Gasteiger partial charge in [0, 0.05) is 0 Å². The molecule has 1 nitrogen and oxygen atoms in total. The van der Waals surface area contributed by atoms with Crippen LogP contribution >= 0.6 is 0 Å². The Balaban J connectivity index is 2.21. The number of benzene rings is 1. The van der Waals surface area contributed by atoms with Gasteiger partial charge in [-0.1, -0.05) is 42.7 Å². The van der Waals surface area contributed by atoms with Gasteiger partial charge in [-0.2, -0.15) is 5.26 Å². The van der Waals surface area contributed by atoms with Gasteiger partial charge < -0.3 is 0 Å². The van der Waals surface area contributed by atoms with E-state index in [0.717, 1.165) is 6.42 Å². The SMILES string of the molecule is Cc1ccc([C@H]2CCCC[C@@H]2C#N)cc1. The highest BCUT2D eigenvalue weighted by atomic mass is 14.3. The van der Waals surface area contributed by atoms with Gasteiger partial charge in [-0.05, 0) is 31.2 Å². The molecule has 1 heteroatoms. The van der Waals surface area contributed by atoms with Crippen molar-refractivity contribution in [2.24, 2.45) is 5.92 Å². The zero-order valence-electron chi connectivity index (χ0n) is 9.24. The van der Waals surface area contributed by atoms with Gasteiger partial charge in [0.15, 0.2) is 0 Å². The maximum Gasteiger partial charge on any atom is 0.0662 e. The van der Waals surface area contributed by atoms with Gasteiger partial charge in [-0.3, -0.25) is 0 Å². The minimum absolute atomic E-state index is 0.237. The lowest BCUT2D eigenvalue weighted by molar-refractivity contribution is 0.369. The summed E-state index contributed by atoms with van der Waals surface area (Å²) in [7, 11) is 0. The molecule has 1 aromatic carbocycles. The molecule has 1 aliphatic rings. The number of rotatable bonds is 1. The number of hydrogen-bond donors (Lipinski definition) is 0. The van der Waals surface area contributed by atoms with Gasteiger partial charge >= 0.3 is 0 Å². The van der Waals surface area contributed by atoms with Crippen molar-refractivity contribution in [1.82, 2.24) is 0 Å². The van der Waals surface area contributed by atoms with Gasteiger partial charge in [0.25, 0.3) is 0 Å². The van der Waals surface area contributed by atoms with Gasteiger partial charge in [0.1, 0.15) is 0 Å². The molecule has 0 heterocycles. The van der Waals surface area contributed by atoms with Crippen molar-refractivity contribution in [2.45, 2.75) is 38.5 Å². The van der Waals surface area contributed by atoms with Crippen LogP contribution in [0.25, 0.3) is 0 Å². The second kappa shape index (κ2) is 4.49. The van der Waals surface area contributed by atoms with Crippen molar-refractivity contribution in [3.8, 4) is 6.07 Å². The Morgan fingerprint density at radius 1 is 1.13 bits per heavy atom. The Hall–Kier alpha value is -1.29. The third-order valence-corrected chi connectivity index (χ3v) is 3.44. The highest BCUT2D eigenvalue weighted by Crippen LogP contribution is 2.37. The standard InChI is InChI=1S/C14H17N/c1-11-6-8-12(9-7-11)14-5-3-2-4-13(14)10-15/h6-9,13-14H,2-5H2,1H3/t13-,14-/m1/s1. The van der Waals surface area contributed by atoms with Crippen LogP contribution in [0.4, 0.5) is 0 Å². The first-order chi connectivity index (χ1) is 7.31. The Bertz CT molecular complexity index is 358. The van der Waals surface area contributed by atoms with Crippen LogP contribution in [-0.2, 0) is 0 Å². The fourth-order valence-corrected chi connectivity index (χ4v) is 2.50. The number of hydrogen-bond acceptors (Lipinski definition) is 1. The lowest BCUT2D eigenvalue weighted by Gasteiger charge is -2.27. The predicted molar refractivity (Wildman–Crippen MR) is 61.5 cm³/mol. The summed E-state index contributed by atoms with van der Waals surface area (Å²) in [5.74, 6) is 0.714. The van der Waals surface area contributed by atoms with E-state index in [4.69, 9.17) is 5.26 Å². The Morgan fingerprint density at radius 2 is 1.80 bits per heavy atom. The summed E-state index contributed by atoms with van der Waals surface area (Å²) in [4.78, 5) is 0. The molecule has 0 unspecified atom stereocenters. The fraction of sp³-hybridized carbons (Fsp3) is 0.500.